The molecule has 1 amide bonds. The minimum absolute atomic E-state index is 0.0527. The van der Waals surface area contributed by atoms with Crippen molar-refractivity contribution in [2.75, 3.05) is 5.32 Å². The first-order valence-electron chi connectivity index (χ1n) is 9.83. The maximum Gasteiger partial charge on any atom is 0.311 e. The standard InChI is InChI=1S/C23H20N4O5/c1-16-7-9-20(19(13-16)27(29)30)31-15-18-8-10-21(32-18)23(28)24-22-11-12-26(25-22)14-17-5-3-2-4-6-17/h2-13H,14-15H2,1H3,(H,24,25,28). The molecular formula is C23H20N4O5. The van der Waals surface area contributed by atoms with Crippen molar-refractivity contribution in [2.45, 2.75) is 20.1 Å². The molecule has 0 spiro atoms. The highest BCUT2D eigenvalue weighted by atomic mass is 16.6. The Hall–Kier alpha value is -4.40. The van der Waals surface area contributed by atoms with Crippen LogP contribution in [-0.2, 0) is 13.2 Å². The van der Waals surface area contributed by atoms with Gasteiger partial charge in [-0.05, 0) is 36.2 Å². The van der Waals surface area contributed by atoms with Crippen LogP contribution in [0.5, 0.6) is 5.75 Å². The van der Waals surface area contributed by atoms with E-state index in [1.54, 1.807) is 36.0 Å². The van der Waals surface area contributed by atoms with Crippen LogP contribution in [0, 0.1) is 17.0 Å². The first-order chi connectivity index (χ1) is 15.5. The summed E-state index contributed by atoms with van der Waals surface area (Å²) in [7, 11) is 0. The number of anilines is 1. The number of ether oxygens (including phenoxy) is 1. The van der Waals surface area contributed by atoms with Gasteiger partial charge in [-0.25, -0.2) is 0 Å². The third-order valence-electron chi connectivity index (χ3n) is 4.64. The molecule has 162 valence electrons. The summed E-state index contributed by atoms with van der Waals surface area (Å²) in [5.74, 6) is 0.518. The van der Waals surface area contributed by atoms with Crippen molar-refractivity contribution in [1.29, 1.82) is 0 Å². The molecular weight excluding hydrogens is 412 g/mol. The lowest BCUT2D eigenvalue weighted by Crippen LogP contribution is -2.12. The number of nitro benzene ring substituents is 1. The van der Waals surface area contributed by atoms with E-state index >= 15 is 0 Å². The van der Waals surface area contributed by atoms with Gasteiger partial charge in [0.25, 0.3) is 5.91 Å². The van der Waals surface area contributed by atoms with Gasteiger partial charge in [-0.15, -0.1) is 0 Å². The van der Waals surface area contributed by atoms with E-state index in [4.69, 9.17) is 9.15 Å². The average molecular weight is 432 g/mol. The quantitative estimate of drug-likeness (QED) is 0.322. The molecule has 4 rings (SSSR count). The molecule has 0 bridgehead atoms. The molecule has 0 fully saturated rings. The number of carbonyl (C=O) groups is 1. The van der Waals surface area contributed by atoms with Crippen molar-refractivity contribution in [3.8, 4) is 5.75 Å². The Bertz CT molecular complexity index is 1250. The van der Waals surface area contributed by atoms with Crippen molar-refractivity contribution in [3.05, 3.63) is 106 Å². The summed E-state index contributed by atoms with van der Waals surface area (Å²) < 4.78 is 12.8. The fraction of sp³-hybridized carbons (Fsp3) is 0.130. The second kappa shape index (κ2) is 9.17. The van der Waals surface area contributed by atoms with Crippen molar-refractivity contribution in [3.63, 3.8) is 0 Å². The lowest BCUT2D eigenvalue weighted by molar-refractivity contribution is -0.386. The van der Waals surface area contributed by atoms with E-state index in [0.29, 0.717) is 18.1 Å². The van der Waals surface area contributed by atoms with Gasteiger partial charge in [-0.1, -0.05) is 36.4 Å². The molecule has 2 aromatic heterocycles. The Kier molecular flexibility index (Phi) is 5.98. The zero-order valence-corrected chi connectivity index (χ0v) is 17.2. The number of aromatic nitrogens is 2. The van der Waals surface area contributed by atoms with E-state index in [1.165, 1.54) is 18.2 Å². The van der Waals surface area contributed by atoms with E-state index in [9.17, 15) is 14.9 Å². The molecule has 0 saturated carbocycles. The summed E-state index contributed by atoms with van der Waals surface area (Å²) in [5, 5.41) is 18.2. The summed E-state index contributed by atoms with van der Waals surface area (Å²) in [6, 6.07) is 19.3. The van der Waals surface area contributed by atoms with Gasteiger partial charge >= 0.3 is 5.69 Å². The Balaban J connectivity index is 1.36. The smallest absolute Gasteiger partial charge is 0.311 e. The number of rotatable bonds is 8. The number of nitro groups is 1. The highest BCUT2D eigenvalue weighted by Gasteiger charge is 2.17. The van der Waals surface area contributed by atoms with Crippen LogP contribution < -0.4 is 10.1 Å². The lowest BCUT2D eigenvalue weighted by Gasteiger charge is -2.05. The Morgan fingerprint density at radius 2 is 1.97 bits per heavy atom. The van der Waals surface area contributed by atoms with Gasteiger partial charge in [0.1, 0.15) is 12.4 Å². The average Bonchev–Trinajstić information content (AvgIpc) is 3.43. The van der Waals surface area contributed by atoms with Gasteiger partial charge in [-0.3, -0.25) is 19.6 Å². The zero-order valence-electron chi connectivity index (χ0n) is 17.2. The van der Waals surface area contributed by atoms with E-state index < -0.39 is 10.8 Å². The molecule has 2 heterocycles. The molecule has 2 aromatic carbocycles. The molecule has 1 N–H and O–H groups in total. The number of nitrogens with zero attached hydrogens (tertiary/aromatic N) is 3. The molecule has 0 radical (unpaired) electrons. The lowest BCUT2D eigenvalue weighted by atomic mass is 10.2. The normalized spacial score (nSPS) is 10.7. The van der Waals surface area contributed by atoms with Gasteiger partial charge in [0.15, 0.2) is 17.3 Å². The number of hydrogen-bond acceptors (Lipinski definition) is 6. The van der Waals surface area contributed by atoms with Crippen LogP contribution in [0.4, 0.5) is 11.5 Å². The van der Waals surface area contributed by atoms with Crippen molar-refractivity contribution < 1.29 is 18.9 Å². The molecule has 0 aliphatic rings. The van der Waals surface area contributed by atoms with Gasteiger partial charge in [0.05, 0.1) is 11.5 Å². The van der Waals surface area contributed by atoms with Gasteiger partial charge in [0.2, 0.25) is 0 Å². The van der Waals surface area contributed by atoms with E-state index in [-0.39, 0.29) is 23.8 Å². The van der Waals surface area contributed by atoms with Crippen molar-refractivity contribution in [1.82, 2.24) is 9.78 Å². The van der Waals surface area contributed by atoms with Crippen LogP contribution >= 0.6 is 0 Å². The number of benzene rings is 2. The van der Waals surface area contributed by atoms with Crippen LogP contribution in [0.15, 0.2) is 77.3 Å². The number of carbonyl (C=O) groups excluding carboxylic acids is 1. The summed E-state index contributed by atoms with van der Waals surface area (Å²) in [6.07, 6.45) is 1.78. The topological polar surface area (TPSA) is 112 Å². The SMILES string of the molecule is Cc1ccc(OCc2ccc(C(=O)Nc3ccn(Cc4ccccc4)n3)o2)c([N+](=O)[O-])c1. The van der Waals surface area contributed by atoms with Crippen LogP contribution in [-0.4, -0.2) is 20.6 Å². The summed E-state index contributed by atoms with van der Waals surface area (Å²) in [6.45, 7) is 2.30. The fourth-order valence-corrected chi connectivity index (χ4v) is 3.08. The molecule has 4 aromatic rings. The Morgan fingerprint density at radius 3 is 2.75 bits per heavy atom. The van der Waals surface area contributed by atoms with E-state index in [2.05, 4.69) is 10.4 Å². The molecule has 9 nitrogen and oxygen atoms in total. The Morgan fingerprint density at radius 1 is 1.16 bits per heavy atom. The fourth-order valence-electron chi connectivity index (χ4n) is 3.08. The molecule has 32 heavy (non-hydrogen) atoms. The predicted octanol–water partition coefficient (Wildman–Crippen LogP) is 4.57. The van der Waals surface area contributed by atoms with Crippen LogP contribution in [0.25, 0.3) is 0 Å². The second-order valence-electron chi connectivity index (χ2n) is 7.12. The molecule has 0 saturated heterocycles. The highest BCUT2D eigenvalue weighted by molar-refractivity contribution is 6.01. The van der Waals surface area contributed by atoms with E-state index in [1.807, 2.05) is 30.3 Å². The highest BCUT2D eigenvalue weighted by Crippen LogP contribution is 2.28. The van der Waals surface area contributed by atoms with Crippen molar-refractivity contribution in [2.24, 2.45) is 0 Å². The molecule has 0 aliphatic heterocycles. The monoisotopic (exact) mass is 432 g/mol. The number of nitrogens with one attached hydrogen (secondary N) is 1. The first kappa shape index (κ1) is 20.9. The maximum absolute atomic E-state index is 12.5. The molecule has 0 unspecified atom stereocenters. The van der Waals surface area contributed by atoms with Gasteiger partial charge < -0.3 is 14.5 Å². The van der Waals surface area contributed by atoms with Crippen molar-refractivity contribution >= 4 is 17.4 Å². The van der Waals surface area contributed by atoms with Gasteiger partial charge in [-0.2, -0.15) is 5.10 Å². The number of furan rings is 1. The first-order valence-corrected chi connectivity index (χ1v) is 9.83. The third-order valence-corrected chi connectivity index (χ3v) is 4.64. The minimum atomic E-state index is -0.500. The summed E-state index contributed by atoms with van der Waals surface area (Å²) in [4.78, 5) is 23.2. The van der Waals surface area contributed by atoms with Crippen LogP contribution in [0.1, 0.15) is 27.4 Å². The van der Waals surface area contributed by atoms with Crippen LogP contribution in [0.3, 0.4) is 0 Å². The number of amides is 1. The predicted molar refractivity (Wildman–Crippen MR) is 117 cm³/mol. The maximum atomic E-state index is 12.5. The minimum Gasteiger partial charge on any atom is -0.479 e. The zero-order chi connectivity index (χ0) is 22.5. The number of aryl methyl sites for hydroxylation is 1. The molecule has 0 aliphatic carbocycles. The van der Waals surface area contributed by atoms with E-state index in [0.717, 1.165) is 11.1 Å². The summed E-state index contributed by atoms with van der Waals surface area (Å²) >= 11 is 0. The number of hydrogen-bond donors (Lipinski definition) is 1. The van der Waals surface area contributed by atoms with Gasteiger partial charge in [0, 0.05) is 18.3 Å². The van der Waals surface area contributed by atoms with Crippen LogP contribution in [0.2, 0.25) is 0 Å². The second-order valence-corrected chi connectivity index (χ2v) is 7.12. The third kappa shape index (κ3) is 5.01. The Labute approximate surface area is 183 Å². The molecule has 0 atom stereocenters. The molecule has 9 heteroatoms. The largest absolute Gasteiger partial charge is 0.479 e. The summed E-state index contributed by atoms with van der Waals surface area (Å²) in [5.41, 5.74) is 1.73.